The predicted octanol–water partition coefficient (Wildman–Crippen LogP) is 4.45. The molecule has 0 fully saturated rings. The molecule has 2 nitrogen and oxygen atoms in total. The van der Waals surface area contributed by atoms with Gasteiger partial charge in [-0.1, -0.05) is 41.9 Å². The lowest BCUT2D eigenvalue weighted by molar-refractivity contribution is 0.486. The summed E-state index contributed by atoms with van der Waals surface area (Å²) in [6.07, 6.45) is 0.797. The van der Waals surface area contributed by atoms with Crippen LogP contribution in [-0.4, -0.2) is 4.98 Å². The normalized spacial score (nSPS) is 14.6. The fraction of sp³-hybridized carbons (Fsp3) is 0.400. The summed E-state index contributed by atoms with van der Waals surface area (Å²) in [7, 11) is 0. The zero-order valence-electron chi connectivity index (χ0n) is 11.5. The first kappa shape index (κ1) is 14.7. The van der Waals surface area contributed by atoms with Gasteiger partial charge in [-0.3, -0.25) is 0 Å². The van der Waals surface area contributed by atoms with Crippen molar-refractivity contribution in [2.75, 3.05) is 0 Å². The van der Waals surface area contributed by atoms with Crippen molar-refractivity contribution in [1.82, 2.24) is 4.98 Å². The molecule has 0 bridgehead atoms. The van der Waals surface area contributed by atoms with Crippen molar-refractivity contribution in [3.05, 3.63) is 50.4 Å². The molecule has 19 heavy (non-hydrogen) atoms. The Labute approximate surface area is 127 Å². The van der Waals surface area contributed by atoms with E-state index in [0.29, 0.717) is 5.92 Å². The van der Waals surface area contributed by atoms with E-state index < -0.39 is 5.54 Å². The summed E-state index contributed by atoms with van der Waals surface area (Å²) in [6, 6.07) is 8.30. The maximum atomic E-state index is 6.46. The molecule has 0 saturated heterocycles. The molecule has 1 heterocycles. The fourth-order valence-electron chi connectivity index (χ4n) is 1.92. The van der Waals surface area contributed by atoms with Crippen LogP contribution >= 0.6 is 27.3 Å². The summed E-state index contributed by atoms with van der Waals surface area (Å²) < 4.78 is 1.09. The molecule has 0 radical (unpaired) electrons. The Kier molecular flexibility index (Phi) is 4.43. The number of nitrogens with zero attached hydrogens (tertiary/aromatic N) is 1. The first-order valence-electron chi connectivity index (χ1n) is 6.38. The highest BCUT2D eigenvalue weighted by Crippen LogP contribution is 2.28. The summed E-state index contributed by atoms with van der Waals surface area (Å²) in [4.78, 5) is 4.68. The smallest absolute Gasteiger partial charge is 0.113 e. The Morgan fingerprint density at radius 3 is 2.47 bits per heavy atom. The number of benzene rings is 1. The number of rotatable bonds is 4. The van der Waals surface area contributed by atoms with Crippen molar-refractivity contribution >= 4 is 27.3 Å². The fourth-order valence-corrected chi connectivity index (χ4v) is 3.24. The van der Waals surface area contributed by atoms with Gasteiger partial charge in [-0.15, -0.1) is 11.3 Å². The second-order valence-corrected chi connectivity index (χ2v) is 7.23. The Balaban J connectivity index is 2.18. The van der Waals surface area contributed by atoms with Gasteiger partial charge in [0.15, 0.2) is 0 Å². The van der Waals surface area contributed by atoms with Gasteiger partial charge in [-0.05, 0) is 37.0 Å². The highest BCUT2D eigenvalue weighted by molar-refractivity contribution is 9.10. The molecule has 2 aromatic rings. The van der Waals surface area contributed by atoms with Crippen LogP contribution < -0.4 is 5.73 Å². The van der Waals surface area contributed by atoms with Crippen LogP contribution in [0.15, 0.2) is 34.1 Å². The molecule has 0 spiro atoms. The van der Waals surface area contributed by atoms with Crippen LogP contribution in [-0.2, 0) is 12.0 Å². The van der Waals surface area contributed by atoms with Crippen molar-refractivity contribution in [1.29, 1.82) is 0 Å². The maximum absolute atomic E-state index is 6.46. The average molecular weight is 339 g/mol. The lowest BCUT2D eigenvalue weighted by Crippen LogP contribution is -2.35. The molecule has 1 aromatic carbocycles. The second-order valence-electron chi connectivity index (χ2n) is 5.45. The molecule has 1 atom stereocenters. The minimum Gasteiger partial charge on any atom is -0.319 e. The lowest BCUT2D eigenvalue weighted by Gasteiger charge is -2.22. The largest absolute Gasteiger partial charge is 0.319 e. The van der Waals surface area contributed by atoms with Gasteiger partial charge in [0.1, 0.15) is 5.01 Å². The molecule has 2 N–H and O–H groups in total. The van der Waals surface area contributed by atoms with Crippen molar-refractivity contribution < 1.29 is 0 Å². The van der Waals surface area contributed by atoms with E-state index in [4.69, 9.17) is 5.73 Å². The van der Waals surface area contributed by atoms with E-state index in [0.717, 1.165) is 21.6 Å². The van der Waals surface area contributed by atoms with E-state index in [1.54, 1.807) is 11.3 Å². The van der Waals surface area contributed by atoms with Crippen LogP contribution in [0.1, 0.15) is 43.0 Å². The lowest BCUT2D eigenvalue weighted by atomic mass is 9.94. The molecule has 1 aromatic heterocycles. The summed E-state index contributed by atoms with van der Waals surface area (Å²) in [5, 5.41) is 3.13. The number of nitrogens with two attached hydrogens (primary N) is 1. The number of aromatic nitrogens is 1. The van der Waals surface area contributed by atoms with Crippen LogP contribution in [0.4, 0.5) is 0 Å². The Hall–Kier alpha value is -0.710. The minimum absolute atomic E-state index is 0.411. The summed E-state index contributed by atoms with van der Waals surface area (Å²) in [5.41, 5.74) is 8.41. The molecule has 0 aliphatic rings. The van der Waals surface area contributed by atoms with E-state index in [1.807, 2.05) is 12.1 Å². The van der Waals surface area contributed by atoms with Gasteiger partial charge in [0.2, 0.25) is 0 Å². The molecule has 0 aliphatic heterocycles. The monoisotopic (exact) mass is 338 g/mol. The van der Waals surface area contributed by atoms with Gasteiger partial charge < -0.3 is 5.73 Å². The van der Waals surface area contributed by atoms with Crippen LogP contribution in [0.5, 0.6) is 0 Å². The van der Waals surface area contributed by atoms with Crippen LogP contribution in [0.2, 0.25) is 0 Å². The van der Waals surface area contributed by atoms with Gasteiger partial charge in [-0.2, -0.15) is 0 Å². The number of thiazole rings is 1. The first-order valence-corrected chi connectivity index (χ1v) is 8.05. The van der Waals surface area contributed by atoms with Gasteiger partial charge >= 0.3 is 0 Å². The SMILES string of the molecule is CC(C)c1csc(C(C)(N)Cc2ccc(Br)cc2)n1. The summed E-state index contributed by atoms with van der Waals surface area (Å²) in [6.45, 7) is 6.36. The molecule has 1 unspecified atom stereocenters. The van der Waals surface area contributed by atoms with Gasteiger partial charge in [0.25, 0.3) is 0 Å². The predicted molar refractivity (Wildman–Crippen MR) is 85.6 cm³/mol. The minimum atomic E-state index is -0.411. The van der Waals surface area contributed by atoms with Crippen LogP contribution in [0, 0.1) is 0 Å². The highest BCUT2D eigenvalue weighted by atomic mass is 79.9. The van der Waals surface area contributed by atoms with Crippen molar-refractivity contribution in [2.45, 2.75) is 38.6 Å². The topological polar surface area (TPSA) is 38.9 Å². The third kappa shape index (κ3) is 3.65. The summed E-state index contributed by atoms with van der Waals surface area (Å²) in [5.74, 6) is 0.452. The van der Waals surface area contributed by atoms with Gasteiger partial charge in [-0.25, -0.2) is 4.98 Å². The van der Waals surface area contributed by atoms with Crippen LogP contribution in [0.25, 0.3) is 0 Å². The standard InChI is InChI=1S/C15H19BrN2S/c1-10(2)13-9-19-14(18-13)15(3,17)8-11-4-6-12(16)7-5-11/h4-7,9-10H,8,17H2,1-3H3. The van der Waals surface area contributed by atoms with Crippen molar-refractivity contribution in [3.8, 4) is 0 Å². The first-order chi connectivity index (χ1) is 8.88. The maximum Gasteiger partial charge on any atom is 0.113 e. The quantitative estimate of drug-likeness (QED) is 0.894. The van der Waals surface area contributed by atoms with E-state index in [1.165, 1.54) is 5.56 Å². The zero-order valence-corrected chi connectivity index (χ0v) is 13.9. The third-order valence-corrected chi connectivity index (χ3v) is 4.76. The number of hydrogen-bond donors (Lipinski definition) is 1. The Morgan fingerprint density at radius 1 is 1.32 bits per heavy atom. The molecule has 102 valence electrons. The second kappa shape index (κ2) is 5.73. The van der Waals surface area contributed by atoms with E-state index in [9.17, 15) is 0 Å². The van der Waals surface area contributed by atoms with Crippen molar-refractivity contribution in [2.24, 2.45) is 5.73 Å². The van der Waals surface area contributed by atoms with E-state index in [-0.39, 0.29) is 0 Å². The molecule has 2 rings (SSSR count). The van der Waals surface area contributed by atoms with E-state index >= 15 is 0 Å². The molecular weight excluding hydrogens is 320 g/mol. The Bertz CT molecular complexity index is 544. The van der Waals surface area contributed by atoms with E-state index in [2.05, 4.69) is 59.2 Å². The molecule has 4 heteroatoms. The highest BCUT2D eigenvalue weighted by Gasteiger charge is 2.25. The zero-order chi connectivity index (χ0) is 14.0. The summed E-state index contributed by atoms with van der Waals surface area (Å²) >= 11 is 5.11. The third-order valence-electron chi connectivity index (χ3n) is 3.09. The molecular formula is C15H19BrN2S. The van der Waals surface area contributed by atoms with Gasteiger partial charge in [0.05, 0.1) is 11.2 Å². The Morgan fingerprint density at radius 2 is 1.95 bits per heavy atom. The molecule has 0 saturated carbocycles. The number of halogens is 1. The molecule has 0 amide bonds. The number of hydrogen-bond acceptors (Lipinski definition) is 3. The average Bonchev–Trinajstić information content (AvgIpc) is 2.82. The van der Waals surface area contributed by atoms with Crippen molar-refractivity contribution in [3.63, 3.8) is 0 Å². The molecule has 0 aliphatic carbocycles. The van der Waals surface area contributed by atoms with Gasteiger partial charge in [0, 0.05) is 9.85 Å². The van der Waals surface area contributed by atoms with Crippen LogP contribution in [0.3, 0.4) is 0 Å².